The molecule has 5 nitrogen and oxygen atoms in total. The van der Waals surface area contributed by atoms with E-state index in [2.05, 4.69) is 5.32 Å². The molecule has 0 spiro atoms. The molecular weight excluding hydrogens is 280 g/mol. The molecule has 110 valence electrons. The number of hydrogen-bond acceptors (Lipinski definition) is 4. The van der Waals surface area contributed by atoms with Gasteiger partial charge >= 0.3 is 0 Å². The van der Waals surface area contributed by atoms with Crippen molar-refractivity contribution in [3.8, 4) is 5.75 Å². The lowest BCUT2D eigenvalue weighted by molar-refractivity contribution is -0.135. The highest BCUT2D eigenvalue weighted by Gasteiger charge is 2.15. The largest absolute Gasteiger partial charge is 0.506 e. The number of amides is 1. The molecule has 0 unspecified atom stereocenters. The number of morpholine rings is 1. The quantitative estimate of drug-likeness (QED) is 0.806. The van der Waals surface area contributed by atoms with Crippen LogP contribution in [0, 0.1) is 0 Å². The first-order valence-electron chi connectivity index (χ1n) is 6.70. The first kappa shape index (κ1) is 15.1. The zero-order chi connectivity index (χ0) is 14.4. The van der Waals surface area contributed by atoms with E-state index < -0.39 is 0 Å². The molecule has 0 radical (unpaired) electrons. The zero-order valence-corrected chi connectivity index (χ0v) is 12.0. The lowest BCUT2D eigenvalue weighted by atomic mass is 10.2. The summed E-state index contributed by atoms with van der Waals surface area (Å²) in [5.74, 6) is 0.238. The Balaban J connectivity index is 1.68. The van der Waals surface area contributed by atoms with Gasteiger partial charge in [0.2, 0.25) is 5.91 Å². The Bertz CT molecular complexity index is 462. The van der Waals surface area contributed by atoms with E-state index in [1.165, 1.54) is 0 Å². The summed E-state index contributed by atoms with van der Waals surface area (Å²) in [6.07, 6.45) is 0.478. The molecule has 0 bridgehead atoms. The molecule has 1 fully saturated rings. The van der Waals surface area contributed by atoms with Gasteiger partial charge in [0.25, 0.3) is 0 Å². The van der Waals surface area contributed by atoms with E-state index in [-0.39, 0.29) is 11.7 Å². The number of carbonyl (C=O) groups is 1. The molecule has 1 saturated heterocycles. The normalized spacial score (nSPS) is 15.3. The molecule has 2 N–H and O–H groups in total. The number of rotatable bonds is 5. The lowest BCUT2D eigenvalue weighted by Gasteiger charge is -2.26. The van der Waals surface area contributed by atoms with Crippen molar-refractivity contribution in [3.05, 3.63) is 28.8 Å². The number of halogens is 1. The van der Waals surface area contributed by atoms with Gasteiger partial charge in [-0.05, 0) is 17.7 Å². The molecule has 1 heterocycles. The van der Waals surface area contributed by atoms with Gasteiger partial charge in [0.05, 0.1) is 18.2 Å². The number of hydrogen-bond donors (Lipinski definition) is 2. The predicted molar refractivity (Wildman–Crippen MR) is 76.8 cm³/mol. The third-order valence-electron chi connectivity index (χ3n) is 3.22. The zero-order valence-electron chi connectivity index (χ0n) is 11.3. The number of benzene rings is 1. The molecule has 0 atom stereocenters. The van der Waals surface area contributed by atoms with Crippen molar-refractivity contribution in [3.63, 3.8) is 0 Å². The van der Waals surface area contributed by atoms with E-state index in [4.69, 9.17) is 16.3 Å². The van der Waals surface area contributed by atoms with Gasteiger partial charge in [-0.1, -0.05) is 17.7 Å². The fraction of sp³-hybridized carbons (Fsp3) is 0.500. The maximum Gasteiger partial charge on any atom is 0.224 e. The number of aromatic hydroxyl groups is 1. The Hall–Kier alpha value is -1.30. The van der Waals surface area contributed by atoms with Crippen LogP contribution in [0.2, 0.25) is 5.02 Å². The van der Waals surface area contributed by atoms with E-state index in [9.17, 15) is 9.90 Å². The molecule has 6 heteroatoms. The highest BCUT2D eigenvalue weighted by molar-refractivity contribution is 6.32. The smallest absolute Gasteiger partial charge is 0.224 e. The van der Waals surface area contributed by atoms with E-state index in [0.29, 0.717) is 50.8 Å². The Morgan fingerprint density at radius 1 is 1.40 bits per heavy atom. The van der Waals surface area contributed by atoms with Gasteiger partial charge in [0.1, 0.15) is 5.75 Å². The number of nitrogens with one attached hydrogen (secondary N) is 1. The van der Waals surface area contributed by atoms with E-state index >= 15 is 0 Å². The van der Waals surface area contributed by atoms with Crippen LogP contribution in [0.1, 0.15) is 12.0 Å². The highest BCUT2D eigenvalue weighted by atomic mass is 35.5. The number of ether oxygens (including phenoxy) is 1. The Morgan fingerprint density at radius 3 is 2.85 bits per heavy atom. The van der Waals surface area contributed by atoms with Gasteiger partial charge in [0, 0.05) is 32.6 Å². The van der Waals surface area contributed by atoms with Crippen molar-refractivity contribution in [2.24, 2.45) is 0 Å². The van der Waals surface area contributed by atoms with Crippen LogP contribution < -0.4 is 5.32 Å². The Morgan fingerprint density at radius 2 is 2.15 bits per heavy atom. The second-order valence-corrected chi connectivity index (χ2v) is 5.11. The predicted octanol–water partition coefficient (Wildman–Crippen LogP) is 1.38. The Kier molecular flexibility index (Phi) is 5.64. The van der Waals surface area contributed by atoms with Crippen molar-refractivity contribution in [1.82, 2.24) is 10.2 Å². The molecule has 20 heavy (non-hydrogen) atoms. The highest BCUT2D eigenvalue weighted by Crippen LogP contribution is 2.23. The summed E-state index contributed by atoms with van der Waals surface area (Å²) in [4.78, 5) is 13.7. The van der Waals surface area contributed by atoms with Crippen LogP contribution in [0.15, 0.2) is 18.2 Å². The minimum atomic E-state index is 0.0814. The monoisotopic (exact) mass is 298 g/mol. The molecular formula is C14H19ClN2O3. The third-order valence-corrected chi connectivity index (χ3v) is 3.52. The van der Waals surface area contributed by atoms with E-state index in [0.717, 1.165) is 5.56 Å². The third kappa shape index (κ3) is 4.37. The Labute approximate surface area is 123 Å². The standard InChI is InChI=1S/C14H19ClN2O3/c15-12-9-11(1-2-13(12)18)10-16-4-3-14(19)17-5-7-20-8-6-17/h1-2,9,16,18H,3-8,10H2. The summed E-state index contributed by atoms with van der Waals surface area (Å²) < 4.78 is 5.21. The van der Waals surface area contributed by atoms with Crippen LogP contribution in [-0.4, -0.2) is 48.8 Å². The summed E-state index contributed by atoms with van der Waals surface area (Å²) in [6, 6.07) is 5.09. The minimum absolute atomic E-state index is 0.0814. The van der Waals surface area contributed by atoms with Gasteiger partial charge < -0.3 is 20.1 Å². The van der Waals surface area contributed by atoms with E-state index in [1.54, 1.807) is 18.2 Å². The summed E-state index contributed by atoms with van der Waals surface area (Å²) in [7, 11) is 0. The van der Waals surface area contributed by atoms with Crippen molar-refractivity contribution in [2.45, 2.75) is 13.0 Å². The maximum atomic E-state index is 11.9. The average molecular weight is 299 g/mol. The first-order valence-corrected chi connectivity index (χ1v) is 7.08. The van der Waals surface area contributed by atoms with Crippen LogP contribution in [0.4, 0.5) is 0 Å². The van der Waals surface area contributed by atoms with E-state index in [1.807, 2.05) is 4.90 Å². The molecule has 1 aliphatic rings. The molecule has 1 amide bonds. The number of phenols is 1. The molecule has 1 aromatic carbocycles. The number of carbonyl (C=O) groups excluding carboxylic acids is 1. The molecule has 1 aromatic rings. The van der Waals surface area contributed by atoms with Crippen molar-refractivity contribution in [1.29, 1.82) is 0 Å². The summed E-state index contributed by atoms with van der Waals surface area (Å²) in [5, 5.41) is 12.9. The maximum absolute atomic E-state index is 11.9. The van der Waals surface area contributed by atoms with Gasteiger partial charge in [-0.2, -0.15) is 0 Å². The molecule has 2 rings (SSSR count). The SMILES string of the molecule is O=C(CCNCc1ccc(O)c(Cl)c1)N1CCOCC1. The second-order valence-electron chi connectivity index (χ2n) is 4.71. The number of nitrogens with zero attached hydrogens (tertiary/aromatic N) is 1. The summed E-state index contributed by atoms with van der Waals surface area (Å²) in [5.41, 5.74) is 0.978. The van der Waals surface area contributed by atoms with Crippen LogP contribution in [-0.2, 0) is 16.1 Å². The van der Waals surface area contributed by atoms with Crippen LogP contribution in [0.3, 0.4) is 0 Å². The second kappa shape index (κ2) is 7.47. The molecule has 0 saturated carbocycles. The molecule has 1 aliphatic heterocycles. The van der Waals surface area contributed by atoms with Crippen molar-refractivity contribution >= 4 is 17.5 Å². The topological polar surface area (TPSA) is 61.8 Å². The summed E-state index contributed by atoms with van der Waals surface area (Å²) in [6.45, 7) is 3.88. The summed E-state index contributed by atoms with van der Waals surface area (Å²) >= 11 is 5.83. The number of phenolic OH excluding ortho intramolecular Hbond substituents is 1. The van der Waals surface area contributed by atoms with Gasteiger partial charge in [0.15, 0.2) is 0 Å². The van der Waals surface area contributed by atoms with Crippen LogP contribution >= 0.6 is 11.6 Å². The van der Waals surface area contributed by atoms with Crippen LogP contribution in [0.25, 0.3) is 0 Å². The lowest BCUT2D eigenvalue weighted by Crippen LogP contribution is -2.41. The van der Waals surface area contributed by atoms with Crippen molar-refractivity contribution < 1.29 is 14.6 Å². The fourth-order valence-corrected chi connectivity index (χ4v) is 2.26. The minimum Gasteiger partial charge on any atom is -0.506 e. The average Bonchev–Trinajstić information content (AvgIpc) is 2.48. The van der Waals surface area contributed by atoms with Crippen LogP contribution in [0.5, 0.6) is 5.75 Å². The first-order chi connectivity index (χ1) is 9.66. The van der Waals surface area contributed by atoms with Gasteiger partial charge in [-0.15, -0.1) is 0 Å². The molecule has 0 aromatic heterocycles. The van der Waals surface area contributed by atoms with Gasteiger partial charge in [-0.3, -0.25) is 4.79 Å². The molecule has 0 aliphatic carbocycles. The fourth-order valence-electron chi connectivity index (χ4n) is 2.06. The van der Waals surface area contributed by atoms with Gasteiger partial charge in [-0.25, -0.2) is 0 Å². The van der Waals surface area contributed by atoms with Crippen molar-refractivity contribution in [2.75, 3.05) is 32.8 Å².